The number of amides is 1. The van der Waals surface area contributed by atoms with Crippen molar-refractivity contribution in [1.29, 1.82) is 0 Å². The van der Waals surface area contributed by atoms with Crippen LogP contribution in [0.25, 0.3) is 0 Å². The summed E-state index contributed by atoms with van der Waals surface area (Å²) >= 11 is 0. The van der Waals surface area contributed by atoms with E-state index in [9.17, 15) is 23.1 Å². The highest BCUT2D eigenvalue weighted by atomic mass is 32.2. The van der Waals surface area contributed by atoms with Crippen molar-refractivity contribution in [2.45, 2.75) is 17.7 Å². The number of carbonyl (C=O) groups excluding carboxylic acids is 2. The van der Waals surface area contributed by atoms with Gasteiger partial charge in [-0.2, -0.15) is 0 Å². The van der Waals surface area contributed by atoms with Crippen molar-refractivity contribution >= 4 is 21.5 Å². The molecule has 1 aliphatic heterocycles. The first-order chi connectivity index (χ1) is 12.8. The fraction of sp³-hybridized carbons (Fsp3) is 0.300. The second-order valence-corrected chi connectivity index (χ2v) is 8.73. The molecule has 6 nitrogen and oxygen atoms in total. The van der Waals surface area contributed by atoms with Gasteiger partial charge >= 0.3 is 0 Å². The Morgan fingerprint density at radius 3 is 2.19 bits per heavy atom. The molecule has 1 heterocycles. The number of phenolic OH excluding ortho intramolecular Hbond substituents is 1. The molecule has 0 unspecified atom stereocenters. The van der Waals surface area contributed by atoms with E-state index in [0.717, 1.165) is 6.26 Å². The van der Waals surface area contributed by atoms with E-state index in [2.05, 4.69) is 0 Å². The van der Waals surface area contributed by atoms with Gasteiger partial charge in [-0.1, -0.05) is 12.1 Å². The number of hydrogen-bond donors (Lipinski definition) is 1. The standard InChI is InChI=1S/C20H21NO5S/c1-27(25,26)18-5-3-2-4-17(18)20(24)21-12-10-15(11-13-21)19(23)14-6-8-16(22)9-7-14/h2-9,15,22H,10-13H2,1H3. The van der Waals surface area contributed by atoms with Crippen LogP contribution < -0.4 is 0 Å². The zero-order valence-corrected chi connectivity index (χ0v) is 15.8. The third-order valence-electron chi connectivity index (χ3n) is 4.82. The molecule has 2 aromatic rings. The van der Waals surface area contributed by atoms with Crippen molar-refractivity contribution in [3.05, 3.63) is 59.7 Å². The van der Waals surface area contributed by atoms with Crippen LogP contribution in [0, 0.1) is 5.92 Å². The highest BCUT2D eigenvalue weighted by molar-refractivity contribution is 7.90. The third-order valence-corrected chi connectivity index (χ3v) is 5.98. The fourth-order valence-corrected chi connectivity index (χ4v) is 4.22. The predicted octanol–water partition coefficient (Wildman–Crippen LogP) is 2.53. The normalized spacial score (nSPS) is 15.5. The predicted molar refractivity (Wildman–Crippen MR) is 101 cm³/mol. The molecule has 0 atom stereocenters. The van der Waals surface area contributed by atoms with Crippen molar-refractivity contribution in [2.24, 2.45) is 5.92 Å². The number of phenols is 1. The van der Waals surface area contributed by atoms with E-state index in [0.29, 0.717) is 31.5 Å². The van der Waals surface area contributed by atoms with Crippen molar-refractivity contribution in [1.82, 2.24) is 4.90 Å². The molecule has 142 valence electrons. The summed E-state index contributed by atoms with van der Waals surface area (Å²) in [5, 5.41) is 9.33. The summed E-state index contributed by atoms with van der Waals surface area (Å²) in [5.74, 6) is -0.412. The molecule has 1 aliphatic rings. The number of ketones is 1. The summed E-state index contributed by atoms with van der Waals surface area (Å²) in [6.07, 6.45) is 2.13. The zero-order valence-electron chi connectivity index (χ0n) is 15.0. The highest BCUT2D eigenvalue weighted by Gasteiger charge is 2.30. The Hall–Kier alpha value is -2.67. The average Bonchev–Trinajstić information content (AvgIpc) is 2.67. The van der Waals surface area contributed by atoms with Gasteiger partial charge in [-0.05, 0) is 49.2 Å². The molecule has 7 heteroatoms. The molecule has 1 N–H and O–H groups in total. The smallest absolute Gasteiger partial charge is 0.255 e. The highest BCUT2D eigenvalue weighted by Crippen LogP contribution is 2.25. The summed E-state index contributed by atoms with van der Waals surface area (Å²) in [6, 6.07) is 12.3. The van der Waals surface area contributed by atoms with Crippen LogP contribution in [0.1, 0.15) is 33.6 Å². The minimum atomic E-state index is -3.50. The lowest BCUT2D eigenvalue weighted by Crippen LogP contribution is -2.40. The molecule has 0 saturated carbocycles. The van der Waals surface area contributed by atoms with Gasteiger partial charge in [0, 0.05) is 30.8 Å². The van der Waals surface area contributed by atoms with Gasteiger partial charge in [0.15, 0.2) is 15.6 Å². The Morgan fingerprint density at radius 1 is 1.00 bits per heavy atom. The number of piperidine rings is 1. The van der Waals surface area contributed by atoms with E-state index < -0.39 is 9.84 Å². The number of hydrogen-bond acceptors (Lipinski definition) is 5. The summed E-state index contributed by atoms with van der Waals surface area (Å²) in [4.78, 5) is 27.0. The molecule has 0 radical (unpaired) electrons. The van der Waals surface area contributed by atoms with Crippen LogP contribution in [0.3, 0.4) is 0 Å². The molecule has 0 spiro atoms. The first kappa shape index (κ1) is 19.1. The first-order valence-electron chi connectivity index (χ1n) is 8.69. The van der Waals surface area contributed by atoms with Crippen LogP contribution in [-0.2, 0) is 9.84 Å². The van der Waals surface area contributed by atoms with E-state index in [1.54, 1.807) is 29.2 Å². The molecule has 0 aromatic heterocycles. The topological polar surface area (TPSA) is 91.8 Å². The Kier molecular flexibility index (Phi) is 5.32. The Morgan fingerprint density at radius 2 is 1.59 bits per heavy atom. The molecular formula is C20H21NO5S. The van der Waals surface area contributed by atoms with Crippen LogP contribution in [0.5, 0.6) is 5.75 Å². The van der Waals surface area contributed by atoms with E-state index in [4.69, 9.17) is 0 Å². The van der Waals surface area contributed by atoms with Gasteiger partial charge in [-0.25, -0.2) is 8.42 Å². The Labute approximate surface area is 158 Å². The minimum absolute atomic E-state index is 0.00126. The van der Waals surface area contributed by atoms with Crippen LogP contribution in [0.2, 0.25) is 0 Å². The van der Waals surface area contributed by atoms with Gasteiger partial charge < -0.3 is 10.0 Å². The SMILES string of the molecule is CS(=O)(=O)c1ccccc1C(=O)N1CCC(C(=O)c2ccc(O)cc2)CC1. The van der Waals surface area contributed by atoms with E-state index >= 15 is 0 Å². The van der Waals surface area contributed by atoms with Crippen molar-refractivity contribution in [3.63, 3.8) is 0 Å². The molecule has 1 fully saturated rings. The third kappa shape index (κ3) is 4.19. The summed E-state index contributed by atoms with van der Waals surface area (Å²) in [7, 11) is -3.50. The van der Waals surface area contributed by atoms with Crippen LogP contribution in [0.15, 0.2) is 53.4 Å². The average molecular weight is 387 g/mol. The summed E-state index contributed by atoms with van der Waals surface area (Å²) in [6.45, 7) is 0.789. The molecule has 1 saturated heterocycles. The minimum Gasteiger partial charge on any atom is -0.508 e. The van der Waals surface area contributed by atoms with Gasteiger partial charge in [0.25, 0.3) is 5.91 Å². The second kappa shape index (κ2) is 7.52. The number of Topliss-reactive ketones (excluding diaryl/α,β-unsaturated/α-hetero) is 1. The largest absolute Gasteiger partial charge is 0.508 e. The summed E-state index contributed by atoms with van der Waals surface area (Å²) < 4.78 is 23.9. The quantitative estimate of drug-likeness (QED) is 0.814. The van der Waals surface area contributed by atoms with Crippen molar-refractivity contribution in [2.75, 3.05) is 19.3 Å². The molecule has 2 aromatic carbocycles. The Bertz CT molecular complexity index is 958. The van der Waals surface area contributed by atoms with Crippen molar-refractivity contribution < 1.29 is 23.1 Å². The van der Waals surface area contributed by atoms with E-state index in [1.807, 2.05) is 0 Å². The molecular weight excluding hydrogens is 366 g/mol. The lowest BCUT2D eigenvalue weighted by atomic mass is 9.88. The summed E-state index contributed by atoms with van der Waals surface area (Å²) in [5.41, 5.74) is 0.711. The molecule has 1 amide bonds. The number of rotatable bonds is 4. The van der Waals surface area contributed by atoms with Gasteiger partial charge in [-0.3, -0.25) is 9.59 Å². The van der Waals surface area contributed by atoms with Crippen LogP contribution in [-0.4, -0.2) is 49.5 Å². The molecule has 0 bridgehead atoms. The lowest BCUT2D eigenvalue weighted by Gasteiger charge is -2.31. The van der Waals surface area contributed by atoms with Crippen molar-refractivity contribution in [3.8, 4) is 5.75 Å². The number of carbonyl (C=O) groups is 2. The van der Waals surface area contributed by atoms with E-state index in [1.165, 1.54) is 24.3 Å². The van der Waals surface area contributed by atoms with E-state index in [-0.39, 0.29) is 33.8 Å². The molecule has 27 heavy (non-hydrogen) atoms. The van der Waals surface area contributed by atoms with Gasteiger partial charge in [0.2, 0.25) is 0 Å². The number of benzene rings is 2. The zero-order chi connectivity index (χ0) is 19.6. The second-order valence-electron chi connectivity index (χ2n) is 6.75. The molecule has 0 aliphatic carbocycles. The Balaban J connectivity index is 1.70. The van der Waals surface area contributed by atoms with Gasteiger partial charge in [-0.15, -0.1) is 0 Å². The molecule has 3 rings (SSSR count). The fourth-order valence-electron chi connectivity index (χ4n) is 3.34. The van der Waals surface area contributed by atoms with Gasteiger partial charge in [0.05, 0.1) is 10.5 Å². The number of sulfone groups is 1. The van der Waals surface area contributed by atoms with Crippen LogP contribution >= 0.6 is 0 Å². The number of nitrogens with zero attached hydrogens (tertiary/aromatic N) is 1. The number of likely N-dealkylation sites (tertiary alicyclic amines) is 1. The number of aromatic hydroxyl groups is 1. The maximum absolute atomic E-state index is 12.8. The van der Waals surface area contributed by atoms with Gasteiger partial charge in [0.1, 0.15) is 5.75 Å². The maximum atomic E-state index is 12.8. The maximum Gasteiger partial charge on any atom is 0.255 e. The monoisotopic (exact) mass is 387 g/mol. The lowest BCUT2D eigenvalue weighted by molar-refractivity contribution is 0.0647. The van der Waals surface area contributed by atoms with Crippen LogP contribution in [0.4, 0.5) is 0 Å². The first-order valence-corrected chi connectivity index (χ1v) is 10.6.